The van der Waals surface area contributed by atoms with Gasteiger partial charge in [-0.1, -0.05) is 38.4 Å². The molecular formula is C20H23ClN6O2. The molecule has 2 aromatic heterocycles. The molecule has 0 saturated carbocycles. The van der Waals surface area contributed by atoms with Crippen LogP contribution < -0.4 is 16.2 Å². The Bertz CT molecular complexity index is 1130. The molecule has 3 aromatic rings. The van der Waals surface area contributed by atoms with Crippen LogP contribution in [0.2, 0.25) is 5.02 Å². The number of urea groups is 1. The van der Waals surface area contributed by atoms with Gasteiger partial charge in [-0.15, -0.1) is 0 Å². The molecule has 0 radical (unpaired) electrons. The number of carbonyl (C=O) groups excluding carboxylic acids is 1. The molecule has 152 valence electrons. The summed E-state index contributed by atoms with van der Waals surface area (Å²) in [7, 11) is 0. The lowest BCUT2D eigenvalue weighted by molar-refractivity contribution is 0.262. The zero-order valence-corrected chi connectivity index (χ0v) is 17.7. The molecule has 0 aliphatic rings. The summed E-state index contributed by atoms with van der Waals surface area (Å²) in [5.74, 6) is 0.604. The van der Waals surface area contributed by atoms with E-state index in [2.05, 4.69) is 25.7 Å². The van der Waals surface area contributed by atoms with E-state index in [1.807, 2.05) is 20.8 Å². The van der Waals surface area contributed by atoms with Crippen molar-refractivity contribution in [2.75, 3.05) is 10.6 Å². The highest BCUT2D eigenvalue weighted by atomic mass is 35.5. The Balaban J connectivity index is 1.98. The fourth-order valence-electron chi connectivity index (χ4n) is 2.57. The number of H-pyrrole nitrogens is 1. The van der Waals surface area contributed by atoms with E-state index in [4.69, 9.17) is 11.6 Å². The van der Waals surface area contributed by atoms with Gasteiger partial charge >= 0.3 is 6.03 Å². The summed E-state index contributed by atoms with van der Waals surface area (Å²) in [6.07, 6.45) is 0. The number of carbonyl (C=O) groups is 1. The Morgan fingerprint density at radius 1 is 1.17 bits per heavy atom. The van der Waals surface area contributed by atoms with E-state index in [9.17, 15) is 9.59 Å². The molecule has 9 heteroatoms. The number of halogens is 1. The maximum atomic E-state index is 12.5. The number of nitrogens with one attached hydrogen (secondary N) is 3. The van der Waals surface area contributed by atoms with E-state index >= 15 is 0 Å². The smallest absolute Gasteiger partial charge is 0.308 e. The number of amides is 2. The number of anilines is 2. The van der Waals surface area contributed by atoms with Gasteiger partial charge in [-0.2, -0.15) is 9.78 Å². The first-order chi connectivity index (χ1) is 13.5. The summed E-state index contributed by atoms with van der Waals surface area (Å²) >= 11 is 5.96. The first-order valence-corrected chi connectivity index (χ1v) is 9.44. The van der Waals surface area contributed by atoms with Gasteiger partial charge in [0.1, 0.15) is 5.82 Å². The predicted molar refractivity (Wildman–Crippen MR) is 114 cm³/mol. The van der Waals surface area contributed by atoms with Crippen LogP contribution >= 0.6 is 11.6 Å². The summed E-state index contributed by atoms with van der Waals surface area (Å²) in [6, 6.07) is 8.11. The third kappa shape index (κ3) is 4.65. The van der Waals surface area contributed by atoms with Gasteiger partial charge in [-0.3, -0.25) is 15.1 Å². The van der Waals surface area contributed by atoms with Crippen molar-refractivity contribution in [3.63, 3.8) is 0 Å². The first kappa shape index (κ1) is 20.6. The number of aromatic nitrogens is 4. The van der Waals surface area contributed by atoms with Crippen molar-refractivity contribution in [2.24, 2.45) is 0 Å². The quantitative estimate of drug-likeness (QED) is 0.598. The molecule has 0 unspecified atom stereocenters. The second-order valence-electron chi connectivity index (χ2n) is 7.77. The molecule has 8 nitrogen and oxygen atoms in total. The fourth-order valence-corrected chi connectivity index (χ4v) is 2.76. The maximum Gasteiger partial charge on any atom is 0.324 e. The van der Waals surface area contributed by atoms with Crippen LogP contribution in [-0.2, 0) is 5.41 Å². The lowest BCUT2D eigenvalue weighted by Crippen LogP contribution is -2.23. The van der Waals surface area contributed by atoms with Crippen molar-refractivity contribution in [3.05, 3.63) is 62.7 Å². The van der Waals surface area contributed by atoms with Crippen molar-refractivity contribution in [1.29, 1.82) is 0 Å². The van der Waals surface area contributed by atoms with Gasteiger partial charge in [0, 0.05) is 33.4 Å². The lowest BCUT2D eigenvalue weighted by Gasteiger charge is -2.14. The molecule has 0 aliphatic carbocycles. The van der Waals surface area contributed by atoms with Crippen molar-refractivity contribution in [2.45, 2.75) is 40.0 Å². The van der Waals surface area contributed by atoms with E-state index in [0.717, 1.165) is 5.69 Å². The highest BCUT2D eigenvalue weighted by molar-refractivity contribution is 6.30. The van der Waals surface area contributed by atoms with Gasteiger partial charge in [0.2, 0.25) is 5.95 Å². The number of hydrogen-bond acceptors (Lipinski definition) is 4. The molecule has 1 aromatic carbocycles. The third-order valence-electron chi connectivity index (χ3n) is 4.38. The topological polar surface area (TPSA) is 105 Å². The Kier molecular flexibility index (Phi) is 5.48. The highest BCUT2D eigenvalue weighted by Crippen LogP contribution is 2.25. The number of nitrogens with zero attached hydrogens (tertiary/aromatic N) is 3. The second kappa shape index (κ2) is 7.71. The average molecular weight is 415 g/mol. The standard InChI is InChI=1S/C20H23ClN6O2/c1-11-12(2)22-18(25-17(11)28)27-16(10-15(26-27)20(3,4)5)24-19(29)23-14-8-6-7-13(21)9-14/h6-10H,1-5H3,(H,22,25,28)(H2,23,24,29). The Morgan fingerprint density at radius 3 is 2.52 bits per heavy atom. The van der Waals surface area contributed by atoms with E-state index < -0.39 is 6.03 Å². The van der Waals surface area contributed by atoms with Crippen molar-refractivity contribution >= 4 is 29.1 Å². The SMILES string of the molecule is Cc1nc(-n2nc(C(C)(C)C)cc2NC(=O)Nc2cccc(Cl)c2)[nH]c(=O)c1C. The van der Waals surface area contributed by atoms with Crippen molar-refractivity contribution in [1.82, 2.24) is 19.7 Å². The minimum absolute atomic E-state index is 0.228. The predicted octanol–water partition coefficient (Wildman–Crippen LogP) is 4.17. The molecule has 2 heterocycles. The van der Waals surface area contributed by atoms with Gasteiger partial charge in [0.15, 0.2) is 0 Å². The van der Waals surface area contributed by atoms with Crippen LogP contribution in [0.5, 0.6) is 0 Å². The maximum absolute atomic E-state index is 12.5. The largest absolute Gasteiger partial charge is 0.324 e. The van der Waals surface area contributed by atoms with Gasteiger partial charge in [0.05, 0.1) is 5.69 Å². The van der Waals surface area contributed by atoms with Crippen LogP contribution in [0.4, 0.5) is 16.3 Å². The summed E-state index contributed by atoms with van der Waals surface area (Å²) < 4.78 is 1.42. The number of benzene rings is 1. The van der Waals surface area contributed by atoms with Crippen molar-refractivity contribution in [3.8, 4) is 5.95 Å². The summed E-state index contributed by atoms with van der Waals surface area (Å²) in [4.78, 5) is 31.9. The third-order valence-corrected chi connectivity index (χ3v) is 4.62. The molecular weight excluding hydrogens is 392 g/mol. The number of aromatic amines is 1. The Labute approximate surface area is 173 Å². The molecule has 0 spiro atoms. The summed E-state index contributed by atoms with van der Waals surface area (Å²) in [6.45, 7) is 9.47. The fraction of sp³-hybridized carbons (Fsp3) is 0.300. The Morgan fingerprint density at radius 2 is 1.90 bits per heavy atom. The minimum atomic E-state index is -0.472. The lowest BCUT2D eigenvalue weighted by atomic mass is 9.92. The average Bonchev–Trinajstić information content (AvgIpc) is 3.03. The molecule has 3 N–H and O–H groups in total. The van der Waals surface area contributed by atoms with Crippen molar-refractivity contribution < 1.29 is 4.79 Å². The first-order valence-electron chi connectivity index (χ1n) is 9.06. The van der Waals surface area contributed by atoms with Crippen LogP contribution in [0.1, 0.15) is 37.7 Å². The van der Waals surface area contributed by atoms with Crippen LogP contribution in [0.15, 0.2) is 35.1 Å². The van der Waals surface area contributed by atoms with Crippen LogP contribution in [0, 0.1) is 13.8 Å². The molecule has 2 amide bonds. The zero-order valence-electron chi connectivity index (χ0n) is 16.9. The molecule has 0 fully saturated rings. The normalized spacial score (nSPS) is 11.4. The molecule has 3 rings (SSSR count). The summed E-state index contributed by atoms with van der Waals surface area (Å²) in [5, 5.41) is 10.6. The zero-order chi connectivity index (χ0) is 21.3. The highest BCUT2D eigenvalue weighted by Gasteiger charge is 2.22. The minimum Gasteiger partial charge on any atom is -0.308 e. The molecule has 0 bridgehead atoms. The van der Waals surface area contributed by atoms with Crippen LogP contribution in [0.25, 0.3) is 5.95 Å². The van der Waals surface area contributed by atoms with E-state index in [1.165, 1.54) is 4.68 Å². The molecule has 0 aliphatic heterocycles. The summed E-state index contributed by atoms with van der Waals surface area (Å²) in [5.41, 5.74) is 1.88. The van der Waals surface area contributed by atoms with Gasteiger partial charge in [-0.05, 0) is 32.0 Å². The van der Waals surface area contributed by atoms with Gasteiger partial charge < -0.3 is 5.32 Å². The van der Waals surface area contributed by atoms with E-state index in [0.29, 0.717) is 27.8 Å². The second-order valence-corrected chi connectivity index (χ2v) is 8.20. The molecule has 0 atom stereocenters. The van der Waals surface area contributed by atoms with Crippen LogP contribution in [-0.4, -0.2) is 25.8 Å². The van der Waals surface area contributed by atoms with E-state index in [-0.39, 0.29) is 16.9 Å². The van der Waals surface area contributed by atoms with Gasteiger partial charge in [0.25, 0.3) is 5.56 Å². The number of aryl methyl sites for hydroxylation is 1. The number of hydrogen-bond donors (Lipinski definition) is 3. The Hall–Kier alpha value is -3.13. The van der Waals surface area contributed by atoms with E-state index in [1.54, 1.807) is 44.2 Å². The molecule has 29 heavy (non-hydrogen) atoms. The van der Waals surface area contributed by atoms with Crippen LogP contribution in [0.3, 0.4) is 0 Å². The number of rotatable bonds is 3. The monoisotopic (exact) mass is 414 g/mol. The van der Waals surface area contributed by atoms with Gasteiger partial charge in [-0.25, -0.2) is 9.78 Å². The molecule has 0 saturated heterocycles.